The predicted octanol–water partition coefficient (Wildman–Crippen LogP) is 3.38. The maximum atomic E-state index is 15.3. The largest absolute Gasteiger partial charge is 0.385 e. The van der Waals surface area contributed by atoms with E-state index in [1.807, 2.05) is 19.1 Å². The van der Waals surface area contributed by atoms with Gasteiger partial charge in [-0.3, -0.25) is 9.78 Å². The molecule has 1 amide bonds. The molecular weight excluding hydrogens is 397 g/mol. The number of piperidine rings is 1. The molecule has 0 spiro atoms. The average Bonchev–Trinajstić information content (AvgIpc) is 3.01. The molecule has 31 heavy (non-hydrogen) atoms. The van der Waals surface area contributed by atoms with Gasteiger partial charge in [-0.25, -0.2) is 4.39 Å². The van der Waals surface area contributed by atoms with Crippen LogP contribution in [0.25, 0.3) is 0 Å². The molecule has 0 bridgehead atoms. The first-order valence-electron chi connectivity index (χ1n) is 10.7. The summed E-state index contributed by atoms with van der Waals surface area (Å²) in [6, 6.07) is 6.79. The van der Waals surface area contributed by atoms with Gasteiger partial charge in [0, 0.05) is 18.9 Å². The second-order valence-corrected chi connectivity index (χ2v) is 8.99. The molecule has 1 aromatic heterocycles. The monoisotopic (exact) mass is 427 g/mol. The number of rotatable bonds is 5. The number of carbonyl (C=O) groups is 1. The first kappa shape index (κ1) is 21.9. The first-order valence-corrected chi connectivity index (χ1v) is 10.7. The molecule has 0 aliphatic carbocycles. The Balaban J connectivity index is 1.66. The summed E-state index contributed by atoms with van der Waals surface area (Å²) in [6.07, 6.45) is 2.56. The standard InChI is InChI=1S/C24H30FN3O3/c1-15-5-6-18(26-13-15)14-28-22(29)19-11-17(12-20(25)21(19)23(28)31-4)24(2,30)16-7-9-27(3)10-8-16/h5-6,11-13,16,23,30H,7-10,14H2,1-4H3. The van der Waals surface area contributed by atoms with Gasteiger partial charge in [0.25, 0.3) is 5.91 Å². The molecule has 166 valence electrons. The Kier molecular flexibility index (Phi) is 5.85. The third kappa shape index (κ3) is 3.97. The van der Waals surface area contributed by atoms with E-state index in [0.717, 1.165) is 31.5 Å². The number of amides is 1. The minimum Gasteiger partial charge on any atom is -0.385 e. The van der Waals surface area contributed by atoms with Crippen LogP contribution in [0.1, 0.15) is 58.7 Å². The Morgan fingerprint density at radius 3 is 2.61 bits per heavy atom. The lowest BCUT2D eigenvalue weighted by atomic mass is 9.77. The average molecular weight is 428 g/mol. The van der Waals surface area contributed by atoms with Gasteiger partial charge < -0.3 is 19.6 Å². The molecule has 0 saturated carbocycles. The van der Waals surface area contributed by atoms with E-state index in [2.05, 4.69) is 16.9 Å². The Morgan fingerprint density at radius 2 is 2.00 bits per heavy atom. The van der Waals surface area contributed by atoms with E-state index in [1.54, 1.807) is 19.2 Å². The second-order valence-electron chi connectivity index (χ2n) is 8.99. The van der Waals surface area contributed by atoms with Crippen LogP contribution >= 0.6 is 0 Å². The number of benzene rings is 1. The maximum absolute atomic E-state index is 15.3. The summed E-state index contributed by atoms with van der Waals surface area (Å²) in [5, 5.41) is 11.3. The quantitative estimate of drug-likeness (QED) is 0.793. The lowest BCUT2D eigenvalue weighted by Crippen LogP contribution is -2.40. The van der Waals surface area contributed by atoms with Crippen LogP contribution in [0.3, 0.4) is 0 Å². The summed E-state index contributed by atoms with van der Waals surface area (Å²) in [6.45, 7) is 5.66. The van der Waals surface area contributed by atoms with Crippen LogP contribution in [0, 0.1) is 18.7 Å². The van der Waals surface area contributed by atoms with E-state index in [4.69, 9.17) is 4.74 Å². The zero-order valence-corrected chi connectivity index (χ0v) is 18.6. The number of aromatic nitrogens is 1. The summed E-state index contributed by atoms with van der Waals surface area (Å²) < 4.78 is 20.8. The topological polar surface area (TPSA) is 65.9 Å². The smallest absolute Gasteiger partial charge is 0.257 e. The molecule has 2 aliphatic heterocycles. The van der Waals surface area contributed by atoms with E-state index >= 15 is 4.39 Å². The fraction of sp³-hybridized carbons (Fsp3) is 0.500. The van der Waals surface area contributed by atoms with Crippen molar-refractivity contribution in [1.29, 1.82) is 0 Å². The van der Waals surface area contributed by atoms with Gasteiger partial charge in [0.15, 0.2) is 6.23 Å². The van der Waals surface area contributed by atoms with Crippen LogP contribution in [0.15, 0.2) is 30.5 Å². The highest BCUT2D eigenvalue weighted by Crippen LogP contribution is 2.42. The van der Waals surface area contributed by atoms with Crippen LogP contribution < -0.4 is 0 Å². The number of hydrogen-bond donors (Lipinski definition) is 1. The number of aliphatic hydroxyl groups is 1. The van der Waals surface area contributed by atoms with Gasteiger partial charge in [-0.05, 0) is 82.1 Å². The highest BCUT2D eigenvalue weighted by molar-refractivity contribution is 5.99. The molecular formula is C24H30FN3O3. The summed E-state index contributed by atoms with van der Waals surface area (Å²) >= 11 is 0. The van der Waals surface area contributed by atoms with Crippen molar-refractivity contribution in [3.63, 3.8) is 0 Å². The summed E-state index contributed by atoms with van der Waals surface area (Å²) in [5.74, 6) is -0.840. The van der Waals surface area contributed by atoms with Gasteiger partial charge in [0.05, 0.1) is 23.4 Å². The fourth-order valence-electron chi connectivity index (χ4n) is 4.73. The lowest BCUT2D eigenvalue weighted by molar-refractivity contribution is -0.0307. The molecule has 2 atom stereocenters. The summed E-state index contributed by atoms with van der Waals surface area (Å²) in [7, 11) is 3.52. The number of methoxy groups -OCH3 is 1. The van der Waals surface area contributed by atoms with Crippen molar-refractivity contribution >= 4 is 5.91 Å². The van der Waals surface area contributed by atoms with Crippen molar-refractivity contribution in [2.45, 2.75) is 45.1 Å². The minimum atomic E-state index is -1.22. The van der Waals surface area contributed by atoms with Gasteiger partial charge in [-0.2, -0.15) is 0 Å². The number of carbonyl (C=O) groups excluding carboxylic acids is 1. The fourth-order valence-corrected chi connectivity index (χ4v) is 4.73. The molecule has 2 unspecified atom stereocenters. The van der Waals surface area contributed by atoms with E-state index in [-0.39, 0.29) is 29.5 Å². The third-order valence-electron chi connectivity index (χ3n) is 6.78. The molecule has 1 fully saturated rings. The molecule has 1 N–H and O–H groups in total. The number of aryl methyl sites for hydroxylation is 1. The summed E-state index contributed by atoms with van der Waals surface area (Å²) in [4.78, 5) is 21.3. The molecule has 0 radical (unpaired) electrons. The zero-order chi connectivity index (χ0) is 22.3. The molecule has 1 saturated heterocycles. The second kappa shape index (κ2) is 8.30. The number of hydrogen-bond acceptors (Lipinski definition) is 5. The van der Waals surface area contributed by atoms with Gasteiger partial charge in [0.1, 0.15) is 5.82 Å². The van der Waals surface area contributed by atoms with Gasteiger partial charge in [0.2, 0.25) is 0 Å². The number of fused-ring (bicyclic) bond motifs is 1. The van der Waals surface area contributed by atoms with Crippen molar-refractivity contribution in [3.05, 3.63) is 64.2 Å². The van der Waals surface area contributed by atoms with E-state index in [0.29, 0.717) is 11.3 Å². The predicted molar refractivity (Wildman–Crippen MR) is 115 cm³/mol. The van der Waals surface area contributed by atoms with Crippen molar-refractivity contribution in [2.24, 2.45) is 5.92 Å². The molecule has 2 aromatic rings. The number of likely N-dealkylation sites (tertiary alicyclic amines) is 1. The minimum absolute atomic E-state index is 0.00346. The SMILES string of the molecule is COC1c2c(F)cc(C(C)(O)C3CCN(C)CC3)cc2C(=O)N1Cc1ccc(C)cn1. The van der Waals surface area contributed by atoms with Crippen LogP contribution in [0.4, 0.5) is 4.39 Å². The Labute approximate surface area is 182 Å². The van der Waals surface area contributed by atoms with Crippen molar-refractivity contribution in [1.82, 2.24) is 14.8 Å². The van der Waals surface area contributed by atoms with E-state index in [9.17, 15) is 9.90 Å². The van der Waals surface area contributed by atoms with Gasteiger partial charge >= 0.3 is 0 Å². The highest BCUT2D eigenvalue weighted by atomic mass is 19.1. The lowest BCUT2D eigenvalue weighted by Gasteiger charge is -2.39. The van der Waals surface area contributed by atoms with Crippen LogP contribution in [-0.4, -0.2) is 53.0 Å². The Hall–Kier alpha value is -2.35. The van der Waals surface area contributed by atoms with Crippen LogP contribution in [0.2, 0.25) is 0 Å². The molecule has 2 aliphatic rings. The Morgan fingerprint density at radius 1 is 1.29 bits per heavy atom. The van der Waals surface area contributed by atoms with Gasteiger partial charge in [-0.1, -0.05) is 6.07 Å². The van der Waals surface area contributed by atoms with Crippen LogP contribution in [0.5, 0.6) is 0 Å². The molecule has 1 aromatic carbocycles. The molecule has 3 heterocycles. The third-order valence-corrected chi connectivity index (χ3v) is 6.78. The number of ether oxygens (including phenoxy) is 1. The van der Waals surface area contributed by atoms with Crippen molar-refractivity contribution in [2.75, 3.05) is 27.2 Å². The normalized spacial score (nSPS) is 21.9. The van der Waals surface area contributed by atoms with Crippen molar-refractivity contribution < 1.29 is 19.0 Å². The number of pyridine rings is 1. The van der Waals surface area contributed by atoms with E-state index < -0.39 is 17.6 Å². The molecule has 6 nitrogen and oxygen atoms in total. The van der Waals surface area contributed by atoms with E-state index in [1.165, 1.54) is 18.1 Å². The zero-order valence-electron chi connectivity index (χ0n) is 18.6. The highest BCUT2D eigenvalue weighted by Gasteiger charge is 2.43. The molecule has 4 rings (SSSR count). The summed E-state index contributed by atoms with van der Waals surface area (Å²) in [5.41, 5.74) is 1.43. The first-order chi connectivity index (χ1) is 14.7. The number of halogens is 1. The number of nitrogens with zero attached hydrogens (tertiary/aromatic N) is 3. The van der Waals surface area contributed by atoms with Crippen LogP contribution in [-0.2, 0) is 16.9 Å². The maximum Gasteiger partial charge on any atom is 0.257 e. The van der Waals surface area contributed by atoms with Gasteiger partial charge in [-0.15, -0.1) is 0 Å². The Bertz CT molecular complexity index is 969. The molecule has 7 heteroatoms. The van der Waals surface area contributed by atoms with Crippen molar-refractivity contribution in [3.8, 4) is 0 Å².